The molecule has 1 amide bonds. The Labute approximate surface area is 119 Å². The van der Waals surface area contributed by atoms with Crippen LogP contribution in [0.15, 0.2) is 24.3 Å². The molecular weight excluding hydrogens is 254 g/mol. The van der Waals surface area contributed by atoms with E-state index in [-0.39, 0.29) is 11.7 Å². The van der Waals surface area contributed by atoms with Crippen LogP contribution in [0.25, 0.3) is 0 Å². The standard InChI is InChI=1S/C16H21NO3/c1-3-13-6-4-5-7-15(13)20-12(2)16(19)17-10-8-14(18)9-11-17/h4-7,12H,3,8-11H2,1-2H3. The molecule has 0 bridgehead atoms. The molecule has 4 heteroatoms. The van der Waals surface area contributed by atoms with Gasteiger partial charge in [0.05, 0.1) is 0 Å². The predicted molar refractivity (Wildman–Crippen MR) is 76.7 cm³/mol. The normalized spacial score (nSPS) is 16.9. The number of ether oxygens (including phenoxy) is 1. The van der Waals surface area contributed by atoms with Gasteiger partial charge in [0.2, 0.25) is 0 Å². The van der Waals surface area contributed by atoms with Gasteiger partial charge < -0.3 is 9.64 Å². The fourth-order valence-corrected chi connectivity index (χ4v) is 2.39. The number of hydrogen-bond donors (Lipinski definition) is 0. The number of rotatable bonds is 4. The average Bonchev–Trinajstić information content (AvgIpc) is 2.48. The molecule has 1 aliphatic heterocycles. The Balaban J connectivity index is 1.98. The third kappa shape index (κ3) is 3.38. The van der Waals surface area contributed by atoms with Crippen LogP contribution < -0.4 is 4.74 Å². The Morgan fingerprint density at radius 1 is 1.30 bits per heavy atom. The molecule has 1 aromatic carbocycles. The fraction of sp³-hybridized carbons (Fsp3) is 0.500. The molecule has 0 aliphatic carbocycles. The molecule has 1 aromatic rings. The minimum absolute atomic E-state index is 0.0385. The van der Waals surface area contributed by atoms with Crippen molar-refractivity contribution in [3.8, 4) is 5.75 Å². The van der Waals surface area contributed by atoms with Crippen LogP contribution in [-0.2, 0) is 16.0 Å². The van der Waals surface area contributed by atoms with Gasteiger partial charge in [0.25, 0.3) is 5.91 Å². The van der Waals surface area contributed by atoms with E-state index in [0.29, 0.717) is 25.9 Å². The second kappa shape index (κ2) is 6.55. The molecule has 1 heterocycles. The van der Waals surface area contributed by atoms with Crippen LogP contribution in [0.2, 0.25) is 0 Å². The number of hydrogen-bond acceptors (Lipinski definition) is 3. The molecule has 0 saturated carbocycles. The Morgan fingerprint density at radius 2 is 1.95 bits per heavy atom. The van der Waals surface area contributed by atoms with Crippen molar-refractivity contribution in [3.05, 3.63) is 29.8 Å². The summed E-state index contributed by atoms with van der Waals surface area (Å²) in [5.74, 6) is 0.964. The van der Waals surface area contributed by atoms with Crippen LogP contribution in [-0.4, -0.2) is 35.8 Å². The van der Waals surface area contributed by atoms with Gasteiger partial charge in [0, 0.05) is 25.9 Å². The second-order valence-electron chi connectivity index (χ2n) is 5.09. The van der Waals surface area contributed by atoms with E-state index in [1.807, 2.05) is 24.3 Å². The molecule has 1 atom stereocenters. The van der Waals surface area contributed by atoms with Crippen LogP contribution in [0.3, 0.4) is 0 Å². The largest absolute Gasteiger partial charge is 0.481 e. The molecule has 0 radical (unpaired) electrons. The van der Waals surface area contributed by atoms with Crippen molar-refractivity contribution < 1.29 is 14.3 Å². The monoisotopic (exact) mass is 275 g/mol. The van der Waals surface area contributed by atoms with Gasteiger partial charge >= 0.3 is 0 Å². The Bertz CT molecular complexity index is 488. The number of amides is 1. The lowest BCUT2D eigenvalue weighted by atomic mass is 10.1. The molecule has 20 heavy (non-hydrogen) atoms. The van der Waals surface area contributed by atoms with Crippen molar-refractivity contribution in [2.24, 2.45) is 0 Å². The van der Waals surface area contributed by atoms with E-state index in [1.54, 1.807) is 11.8 Å². The summed E-state index contributed by atoms with van der Waals surface area (Å²) in [6.45, 7) is 4.86. The molecule has 1 unspecified atom stereocenters. The molecule has 4 nitrogen and oxygen atoms in total. The van der Waals surface area contributed by atoms with Gasteiger partial charge in [0.15, 0.2) is 6.10 Å². The Morgan fingerprint density at radius 3 is 2.60 bits per heavy atom. The minimum Gasteiger partial charge on any atom is -0.481 e. The highest BCUT2D eigenvalue weighted by molar-refractivity contribution is 5.85. The number of carbonyl (C=O) groups is 2. The minimum atomic E-state index is -0.518. The third-order valence-corrected chi connectivity index (χ3v) is 3.64. The Kier molecular flexibility index (Phi) is 4.77. The van der Waals surface area contributed by atoms with Crippen LogP contribution in [0.1, 0.15) is 32.3 Å². The van der Waals surface area contributed by atoms with E-state index < -0.39 is 6.10 Å². The summed E-state index contributed by atoms with van der Waals surface area (Å²) >= 11 is 0. The second-order valence-corrected chi connectivity index (χ2v) is 5.09. The maximum atomic E-state index is 12.3. The van der Waals surface area contributed by atoms with Crippen LogP contribution >= 0.6 is 0 Å². The third-order valence-electron chi connectivity index (χ3n) is 3.64. The number of likely N-dealkylation sites (tertiary alicyclic amines) is 1. The lowest BCUT2D eigenvalue weighted by Crippen LogP contribution is -2.44. The molecule has 0 spiro atoms. The number of carbonyl (C=O) groups excluding carboxylic acids is 2. The van der Waals surface area contributed by atoms with Crippen molar-refractivity contribution in [3.63, 3.8) is 0 Å². The van der Waals surface area contributed by atoms with E-state index in [1.165, 1.54) is 0 Å². The highest BCUT2D eigenvalue weighted by Gasteiger charge is 2.26. The smallest absolute Gasteiger partial charge is 0.263 e. The first-order valence-electron chi connectivity index (χ1n) is 7.17. The Hall–Kier alpha value is -1.84. The number of aryl methyl sites for hydroxylation is 1. The maximum absolute atomic E-state index is 12.3. The number of ketones is 1. The summed E-state index contributed by atoms with van der Waals surface area (Å²) in [4.78, 5) is 25.2. The molecule has 0 aromatic heterocycles. The lowest BCUT2D eigenvalue weighted by molar-refractivity contribution is -0.140. The van der Waals surface area contributed by atoms with E-state index in [9.17, 15) is 9.59 Å². The zero-order valence-corrected chi connectivity index (χ0v) is 12.1. The zero-order valence-electron chi connectivity index (χ0n) is 12.1. The molecule has 2 rings (SSSR count). The zero-order chi connectivity index (χ0) is 14.5. The van der Waals surface area contributed by atoms with Crippen molar-refractivity contribution >= 4 is 11.7 Å². The van der Waals surface area contributed by atoms with Gasteiger partial charge in [-0.3, -0.25) is 9.59 Å². The van der Waals surface area contributed by atoms with Crippen molar-refractivity contribution in [2.75, 3.05) is 13.1 Å². The summed E-state index contributed by atoms with van der Waals surface area (Å²) in [6, 6.07) is 7.77. The van der Waals surface area contributed by atoms with Gasteiger partial charge in [-0.1, -0.05) is 25.1 Å². The first kappa shape index (κ1) is 14.6. The summed E-state index contributed by atoms with van der Waals surface area (Å²) in [5.41, 5.74) is 1.10. The fourth-order valence-electron chi connectivity index (χ4n) is 2.39. The van der Waals surface area contributed by atoms with E-state index >= 15 is 0 Å². The van der Waals surface area contributed by atoms with E-state index in [4.69, 9.17) is 4.74 Å². The lowest BCUT2D eigenvalue weighted by Gasteiger charge is -2.29. The molecule has 1 saturated heterocycles. The van der Waals surface area contributed by atoms with Crippen LogP contribution in [0, 0.1) is 0 Å². The van der Waals surface area contributed by atoms with Crippen LogP contribution in [0.5, 0.6) is 5.75 Å². The summed E-state index contributed by atoms with van der Waals surface area (Å²) < 4.78 is 5.80. The van der Waals surface area contributed by atoms with Gasteiger partial charge in [-0.05, 0) is 25.0 Å². The van der Waals surface area contributed by atoms with Crippen LogP contribution in [0.4, 0.5) is 0 Å². The first-order chi connectivity index (χ1) is 9.61. The number of para-hydroxylation sites is 1. The predicted octanol–water partition coefficient (Wildman–Crippen LogP) is 2.21. The van der Waals surface area contributed by atoms with Gasteiger partial charge in [-0.15, -0.1) is 0 Å². The number of piperidine rings is 1. The summed E-state index contributed by atoms with van der Waals surface area (Å²) in [5, 5.41) is 0. The number of benzene rings is 1. The quantitative estimate of drug-likeness (QED) is 0.846. The molecule has 0 N–H and O–H groups in total. The summed E-state index contributed by atoms with van der Waals surface area (Å²) in [6.07, 6.45) is 1.28. The first-order valence-corrected chi connectivity index (χ1v) is 7.17. The number of Topliss-reactive ketones (excluding diaryl/α,β-unsaturated/α-hetero) is 1. The summed E-state index contributed by atoms with van der Waals surface area (Å²) in [7, 11) is 0. The maximum Gasteiger partial charge on any atom is 0.263 e. The van der Waals surface area contributed by atoms with Crippen molar-refractivity contribution in [2.45, 2.75) is 39.2 Å². The topological polar surface area (TPSA) is 46.6 Å². The highest BCUT2D eigenvalue weighted by Crippen LogP contribution is 2.20. The molecule has 1 aliphatic rings. The van der Waals surface area contributed by atoms with E-state index in [0.717, 1.165) is 17.7 Å². The number of nitrogens with zero attached hydrogens (tertiary/aromatic N) is 1. The molecular formula is C16H21NO3. The van der Waals surface area contributed by atoms with Crippen molar-refractivity contribution in [1.29, 1.82) is 0 Å². The highest BCUT2D eigenvalue weighted by atomic mass is 16.5. The van der Waals surface area contributed by atoms with Crippen molar-refractivity contribution in [1.82, 2.24) is 4.90 Å². The molecule has 108 valence electrons. The van der Waals surface area contributed by atoms with Gasteiger partial charge in [-0.25, -0.2) is 0 Å². The SMILES string of the molecule is CCc1ccccc1OC(C)C(=O)N1CCC(=O)CC1. The molecule has 1 fully saturated rings. The van der Waals surface area contributed by atoms with E-state index in [2.05, 4.69) is 6.92 Å². The van der Waals surface area contributed by atoms with Gasteiger partial charge in [-0.2, -0.15) is 0 Å². The average molecular weight is 275 g/mol. The van der Waals surface area contributed by atoms with Gasteiger partial charge in [0.1, 0.15) is 11.5 Å².